The van der Waals surface area contributed by atoms with Gasteiger partial charge >= 0.3 is 0 Å². The second kappa shape index (κ2) is 4.79. The Balaban J connectivity index is 0.000000561. The Morgan fingerprint density at radius 1 is 1.08 bits per heavy atom. The number of hydrogen-bond donors (Lipinski definition) is 0. The average molecular weight is 164 g/mol. The highest BCUT2D eigenvalue weighted by Gasteiger charge is 2.31. The Bertz CT molecular complexity index is 144. The van der Waals surface area contributed by atoms with E-state index in [1.165, 1.54) is 6.22 Å². The Hall–Kier alpha value is -0.130. The lowest BCUT2D eigenvalue weighted by Crippen LogP contribution is -2.23. The molecule has 1 aliphatic heterocycles. The van der Waals surface area contributed by atoms with Crippen LogP contribution in [0, 0.1) is 0 Å². The normalized spacial score (nSPS) is 16.2. The van der Waals surface area contributed by atoms with E-state index in [9.17, 15) is 0 Å². The van der Waals surface area contributed by atoms with E-state index in [4.69, 9.17) is 0 Å². The fourth-order valence-corrected chi connectivity index (χ4v) is 1.52. The summed E-state index contributed by atoms with van der Waals surface area (Å²) in [6, 6.07) is 0. The van der Waals surface area contributed by atoms with Crippen molar-refractivity contribution in [1.29, 1.82) is 0 Å². The molecule has 0 nitrogen and oxygen atoms in total. The van der Waals surface area contributed by atoms with Gasteiger partial charge < -0.3 is 0 Å². The minimum atomic E-state index is 0.473. The molecule has 0 aromatic heterocycles. The molecule has 0 aliphatic carbocycles. The van der Waals surface area contributed by atoms with E-state index >= 15 is 0 Å². The molecular weight excluding hydrogens is 142 g/mol. The van der Waals surface area contributed by atoms with Crippen LogP contribution in [0.2, 0.25) is 18.4 Å². The van der Waals surface area contributed by atoms with Crippen molar-refractivity contribution < 1.29 is 0 Å². The lowest BCUT2D eigenvalue weighted by molar-refractivity contribution is 0.744. The van der Waals surface area contributed by atoms with Crippen LogP contribution in [-0.4, -0.2) is 13.4 Å². The maximum Gasteiger partial charge on any atom is 0.163 e. The molecule has 0 amide bonds. The first-order valence-corrected chi connectivity index (χ1v) is 5.18. The lowest BCUT2D eigenvalue weighted by Gasteiger charge is -2.22. The molecule has 0 bridgehead atoms. The summed E-state index contributed by atoms with van der Waals surface area (Å²) in [5.41, 5.74) is 0. The van der Waals surface area contributed by atoms with Crippen molar-refractivity contribution in [3.63, 3.8) is 0 Å². The van der Waals surface area contributed by atoms with Gasteiger partial charge in [-0.2, -0.15) is 0 Å². The average Bonchev–Trinajstić information content (AvgIpc) is 2.39. The van der Waals surface area contributed by atoms with Crippen LogP contribution in [0.5, 0.6) is 0 Å². The molecule has 1 rings (SSSR count). The van der Waals surface area contributed by atoms with Crippen LogP contribution in [0.3, 0.4) is 0 Å². The third kappa shape index (κ3) is 3.51. The molecule has 0 spiro atoms. The highest BCUT2D eigenvalue weighted by Crippen LogP contribution is 2.33. The van der Waals surface area contributed by atoms with Crippen molar-refractivity contribution >= 4 is 13.4 Å². The Morgan fingerprint density at radius 2 is 1.58 bits per heavy atom. The third-order valence-electron chi connectivity index (χ3n) is 2.41. The Labute approximate surface area is 79.0 Å². The molecule has 2 heteroatoms. The van der Waals surface area contributed by atoms with Gasteiger partial charge in [-0.25, -0.2) is 0 Å². The summed E-state index contributed by atoms with van der Waals surface area (Å²) in [6.07, 6.45) is 1.35. The molecule has 12 heavy (non-hydrogen) atoms. The third-order valence-corrected chi connectivity index (χ3v) is 2.41. The van der Waals surface area contributed by atoms with Gasteiger partial charge in [-0.05, 0) is 0 Å². The second-order valence-electron chi connectivity index (χ2n) is 4.57. The SMILES string of the molecule is CB1C=CB(C(C)(C)C)C1.CC. The van der Waals surface area contributed by atoms with Crippen LogP contribution < -0.4 is 0 Å². The fraction of sp³-hybridized carbons (Fsp3) is 0.800. The topological polar surface area (TPSA) is 0 Å². The molecule has 0 radical (unpaired) electrons. The molecule has 1 heterocycles. The van der Waals surface area contributed by atoms with E-state index < -0.39 is 0 Å². The van der Waals surface area contributed by atoms with Crippen molar-refractivity contribution in [3.8, 4) is 0 Å². The first kappa shape index (κ1) is 11.9. The summed E-state index contributed by atoms with van der Waals surface area (Å²) in [6.45, 7) is 14.9. The van der Waals surface area contributed by atoms with Crippen molar-refractivity contribution in [1.82, 2.24) is 0 Å². The van der Waals surface area contributed by atoms with E-state index in [0.717, 1.165) is 13.4 Å². The zero-order valence-electron chi connectivity index (χ0n) is 9.52. The van der Waals surface area contributed by atoms with Gasteiger partial charge in [-0.3, -0.25) is 0 Å². The van der Waals surface area contributed by atoms with E-state index in [0.29, 0.717) is 5.31 Å². The molecule has 0 saturated carbocycles. The molecule has 0 atom stereocenters. The van der Waals surface area contributed by atoms with Crippen LogP contribution >= 0.6 is 0 Å². The van der Waals surface area contributed by atoms with Gasteiger partial charge in [0.25, 0.3) is 0 Å². The van der Waals surface area contributed by atoms with Crippen LogP contribution in [0.1, 0.15) is 34.6 Å². The minimum absolute atomic E-state index is 0.473. The highest BCUT2D eigenvalue weighted by atomic mass is 14.0. The van der Waals surface area contributed by atoms with Crippen molar-refractivity contribution in [2.75, 3.05) is 0 Å². The van der Waals surface area contributed by atoms with E-state index in [2.05, 4.69) is 39.5 Å². The molecule has 0 saturated heterocycles. The van der Waals surface area contributed by atoms with Crippen molar-refractivity contribution in [2.24, 2.45) is 0 Å². The van der Waals surface area contributed by atoms with E-state index in [1.54, 1.807) is 0 Å². The van der Waals surface area contributed by atoms with Gasteiger partial charge in [0.05, 0.1) is 0 Å². The number of rotatable bonds is 0. The molecule has 0 aromatic carbocycles. The molecule has 0 unspecified atom stereocenters. The van der Waals surface area contributed by atoms with Crippen LogP contribution in [0.15, 0.2) is 12.0 Å². The lowest BCUT2D eigenvalue weighted by atomic mass is 9.28. The summed E-state index contributed by atoms with van der Waals surface area (Å²) in [7, 11) is 0. The first-order valence-electron chi connectivity index (χ1n) is 5.18. The molecular formula is C10H22B2. The Kier molecular flexibility index (Phi) is 4.74. The zero-order chi connectivity index (χ0) is 9.78. The summed E-state index contributed by atoms with van der Waals surface area (Å²) < 4.78 is 0. The van der Waals surface area contributed by atoms with Crippen LogP contribution in [0.4, 0.5) is 0 Å². The standard InChI is InChI=1S/C8H16B2.C2H6/c1-8(2,3)10-6-5-9(4)7-10;1-2/h5-6H,7H2,1-4H3;1-2H3. The second-order valence-corrected chi connectivity index (χ2v) is 4.57. The first-order chi connectivity index (χ1) is 5.50. The molecule has 68 valence electrons. The summed E-state index contributed by atoms with van der Waals surface area (Å²) >= 11 is 0. The summed E-state index contributed by atoms with van der Waals surface area (Å²) in [5.74, 6) is 4.72. The maximum atomic E-state index is 2.38. The largest absolute Gasteiger partial charge is 0.163 e. The zero-order valence-corrected chi connectivity index (χ0v) is 9.52. The van der Waals surface area contributed by atoms with Gasteiger partial charge in [0.15, 0.2) is 13.4 Å². The molecule has 0 fully saturated rings. The smallest absolute Gasteiger partial charge is 0.128 e. The maximum absolute atomic E-state index is 2.38. The van der Waals surface area contributed by atoms with Gasteiger partial charge in [0.1, 0.15) is 0 Å². The predicted molar refractivity (Wildman–Crippen MR) is 62.4 cm³/mol. The Morgan fingerprint density at radius 3 is 1.75 bits per heavy atom. The number of hydrogen-bond acceptors (Lipinski definition) is 0. The summed E-state index contributed by atoms with van der Waals surface area (Å²) in [4.78, 5) is 0. The summed E-state index contributed by atoms with van der Waals surface area (Å²) in [5, 5.41) is 0.473. The van der Waals surface area contributed by atoms with Crippen LogP contribution in [0.25, 0.3) is 0 Å². The van der Waals surface area contributed by atoms with Crippen molar-refractivity contribution in [2.45, 2.75) is 53.0 Å². The van der Waals surface area contributed by atoms with Crippen LogP contribution in [-0.2, 0) is 0 Å². The molecule has 0 aromatic rings. The molecule has 1 aliphatic rings. The van der Waals surface area contributed by atoms with Gasteiger partial charge in [-0.1, -0.05) is 53.0 Å². The molecule has 0 N–H and O–H groups in total. The van der Waals surface area contributed by atoms with Gasteiger partial charge in [0.2, 0.25) is 0 Å². The highest BCUT2D eigenvalue weighted by molar-refractivity contribution is 6.88. The van der Waals surface area contributed by atoms with Gasteiger partial charge in [0, 0.05) is 0 Å². The van der Waals surface area contributed by atoms with E-state index in [-0.39, 0.29) is 0 Å². The van der Waals surface area contributed by atoms with E-state index in [1.807, 2.05) is 13.8 Å². The van der Waals surface area contributed by atoms with Gasteiger partial charge in [-0.15, -0.1) is 12.0 Å². The predicted octanol–water partition coefficient (Wildman–Crippen LogP) is 3.62. The fourth-order valence-electron chi connectivity index (χ4n) is 1.52. The monoisotopic (exact) mass is 164 g/mol. The quantitative estimate of drug-likeness (QED) is 0.479. The van der Waals surface area contributed by atoms with Crippen molar-refractivity contribution in [3.05, 3.63) is 12.0 Å². The minimum Gasteiger partial charge on any atom is -0.128 e.